The summed E-state index contributed by atoms with van der Waals surface area (Å²) in [6, 6.07) is 1.70. The molecule has 2 heterocycles. The molecule has 3 fully saturated rings. The van der Waals surface area contributed by atoms with Crippen molar-refractivity contribution < 1.29 is 0 Å². The van der Waals surface area contributed by atoms with Crippen molar-refractivity contribution in [3.8, 4) is 0 Å². The predicted octanol–water partition coefficient (Wildman–Crippen LogP) is 2.49. The van der Waals surface area contributed by atoms with Gasteiger partial charge in [-0.05, 0) is 56.4 Å². The molecule has 2 aliphatic heterocycles. The van der Waals surface area contributed by atoms with E-state index in [2.05, 4.69) is 24.1 Å². The molecule has 0 aromatic rings. The molecule has 5 unspecified atom stereocenters. The smallest absolute Gasteiger partial charge is 0.0235 e. The second kappa shape index (κ2) is 4.89. The molecule has 0 amide bonds. The van der Waals surface area contributed by atoms with Gasteiger partial charge in [-0.1, -0.05) is 13.8 Å². The maximum Gasteiger partial charge on any atom is 0.0235 e. The highest BCUT2D eigenvalue weighted by Gasteiger charge is 2.39. The lowest BCUT2D eigenvalue weighted by Gasteiger charge is -2.38. The van der Waals surface area contributed by atoms with E-state index in [4.69, 9.17) is 0 Å². The Balaban J connectivity index is 1.61. The van der Waals surface area contributed by atoms with Crippen molar-refractivity contribution in [1.29, 1.82) is 0 Å². The van der Waals surface area contributed by atoms with Crippen LogP contribution in [-0.2, 0) is 0 Å². The van der Waals surface area contributed by atoms with Crippen LogP contribution in [0, 0.1) is 17.8 Å². The molecule has 2 saturated heterocycles. The van der Waals surface area contributed by atoms with Crippen molar-refractivity contribution in [2.45, 2.75) is 58.0 Å². The number of likely N-dealkylation sites (tertiary alicyclic amines) is 1. The molecule has 1 N–H and O–H groups in total. The zero-order valence-electron chi connectivity index (χ0n) is 11.5. The average Bonchev–Trinajstić information content (AvgIpc) is 2.72. The molecule has 5 atom stereocenters. The van der Waals surface area contributed by atoms with E-state index in [0.717, 1.165) is 29.8 Å². The Bertz CT molecular complexity index is 252. The molecule has 0 aromatic heterocycles. The minimum Gasteiger partial charge on any atom is -0.312 e. The number of hydrogen-bond acceptors (Lipinski definition) is 2. The van der Waals surface area contributed by atoms with Crippen molar-refractivity contribution in [1.82, 2.24) is 10.2 Å². The lowest BCUT2D eigenvalue weighted by atomic mass is 9.79. The third-order valence-electron chi connectivity index (χ3n) is 5.48. The number of piperidine rings is 1. The van der Waals surface area contributed by atoms with E-state index in [0.29, 0.717) is 0 Å². The van der Waals surface area contributed by atoms with Crippen LogP contribution in [0.25, 0.3) is 0 Å². The zero-order valence-corrected chi connectivity index (χ0v) is 11.5. The summed E-state index contributed by atoms with van der Waals surface area (Å²) in [5, 5.41) is 3.73. The van der Waals surface area contributed by atoms with Crippen LogP contribution in [0.3, 0.4) is 0 Å². The van der Waals surface area contributed by atoms with Crippen LogP contribution in [0.15, 0.2) is 0 Å². The number of rotatable bonds is 1. The quantitative estimate of drug-likeness (QED) is 0.752. The van der Waals surface area contributed by atoms with E-state index in [9.17, 15) is 0 Å². The van der Waals surface area contributed by atoms with E-state index >= 15 is 0 Å². The Morgan fingerprint density at radius 2 is 1.94 bits per heavy atom. The lowest BCUT2D eigenvalue weighted by molar-refractivity contribution is 0.111. The molecule has 17 heavy (non-hydrogen) atoms. The SMILES string of the molecule is CC1CCC(N2CC3CCCNC3C2)C(C)C1. The Hall–Kier alpha value is -0.0800. The minimum atomic E-state index is 0.815. The molecule has 2 nitrogen and oxygen atoms in total. The summed E-state index contributed by atoms with van der Waals surface area (Å²) in [7, 11) is 0. The van der Waals surface area contributed by atoms with E-state index < -0.39 is 0 Å². The minimum absolute atomic E-state index is 0.815. The lowest BCUT2D eigenvalue weighted by Crippen LogP contribution is -2.43. The highest BCUT2D eigenvalue weighted by molar-refractivity contribution is 4.96. The summed E-state index contributed by atoms with van der Waals surface area (Å²) in [6.45, 7) is 8.87. The maximum absolute atomic E-state index is 3.73. The zero-order chi connectivity index (χ0) is 11.8. The monoisotopic (exact) mass is 236 g/mol. The third kappa shape index (κ3) is 2.39. The van der Waals surface area contributed by atoms with Gasteiger partial charge < -0.3 is 5.32 Å². The van der Waals surface area contributed by atoms with Crippen LogP contribution in [0.1, 0.15) is 46.0 Å². The number of fused-ring (bicyclic) bond motifs is 1. The van der Waals surface area contributed by atoms with Crippen molar-refractivity contribution in [2.24, 2.45) is 17.8 Å². The molecule has 0 radical (unpaired) electrons. The second-order valence-corrected chi connectivity index (χ2v) is 6.88. The first-order valence-electron chi connectivity index (χ1n) is 7.71. The van der Waals surface area contributed by atoms with Gasteiger partial charge in [-0.2, -0.15) is 0 Å². The normalized spacial score (nSPS) is 48.0. The largest absolute Gasteiger partial charge is 0.312 e. The molecule has 1 saturated carbocycles. The second-order valence-electron chi connectivity index (χ2n) is 6.88. The van der Waals surface area contributed by atoms with E-state index in [-0.39, 0.29) is 0 Å². The Labute approximate surface area is 106 Å². The van der Waals surface area contributed by atoms with Gasteiger partial charge in [0.05, 0.1) is 0 Å². The summed E-state index contributed by atoms with van der Waals surface area (Å²) in [4.78, 5) is 2.82. The molecule has 98 valence electrons. The maximum atomic E-state index is 3.73. The van der Waals surface area contributed by atoms with Gasteiger partial charge in [-0.15, -0.1) is 0 Å². The molecular formula is C15H28N2. The average molecular weight is 236 g/mol. The molecule has 0 bridgehead atoms. The van der Waals surface area contributed by atoms with Crippen LogP contribution in [0.2, 0.25) is 0 Å². The first-order chi connectivity index (χ1) is 8.24. The van der Waals surface area contributed by atoms with Crippen molar-refractivity contribution in [3.05, 3.63) is 0 Å². The van der Waals surface area contributed by atoms with Gasteiger partial charge in [0.25, 0.3) is 0 Å². The first-order valence-corrected chi connectivity index (χ1v) is 7.71. The molecule has 2 heteroatoms. The summed E-state index contributed by atoms with van der Waals surface area (Å²) in [5.41, 5.74) is 0. The van der Waals surface area contributed by atoms with Crippen LogP contribution in [0.5, 0.6) is 0 Å². The van der Waals surface area contributed by atoms with Crippen molar-refractivity contribution >= 4 is 0 Å². The molecule has 1 aliphatic carbocycles. The highest BCUT2D eigenvalue weighted by Crippen LogP contribution is 2.35. The first kappa shape index (κ1) is 12.0. The van der Waals surface area contributed by atoms with Crippen LogP contribution in [-0.4, -0.2) is 36.6 Å². The fourth-order valence-corrected chi connectivity index (χ4v) is 4.54. The van der Waals surface area contributed by atoms with Gasteiger partial charge in [-0.3, -0.25) is 4.90 Å². The van der Waals surface area contributed by atoms with E-state index in [1.54, 1.807) is 0 Å². The standard InChI is InChI=1S/C15H28N2/c1-11-5-6-15(12(2)8-11)17-9-13-4-3-7-16-14(13)10-17/h11-16H,3-10H2,1-2H3. The van der Waals surface area contributed by atoms with Gasteiger partial charge in [0.2, 0.25) is 0 Å². The van der Waals surface area contributed by atoms with Gasteiger partial charge in [0.15, 0.2) is 0 Å². The van der Waals surface area contributed by atoms with Gasteiger partial charge >= 0.3 is 0 Å². The third-order valence-corrected chi connectivity index (χ3v) is 5.48. The fraction of sp³-hybridized carbons (Fsp3) is 1.00. The Kier molecular flexibility index (Phi) is 3.45. The van der Waals surface area contributed by atoms with Crippen molar-refractivity contribution in [3.63, 3.8) is 0 Å². The summed E-state index contributed by atoms with van der Waals surface area (Å²) >= 11 is 0. The van der Waals surface area contributed by atoms with Crippen LogP contribution >= 0.6 is 0 Å². The van der Waals surface area contributed by atoms with Crippen LogP contribution in [0.4, 0.5) is 0 Å². The number of nitrogens with zero attached hydrogens (tertiary/aromatic N) is 1. The summed E-state index contributed by atoms with van der Waals surface area (Å²) < 4.78 is 0. The highest BCUT2D eigenvalue weighted by atomic mass is 15.2. The Morgan fingerprint density at radius 1 is 1.06 bits per heavy atom. The topological polar surface area (TPSA) is 15.3 Å². The van der Waals surface area contributed by atoms with Gasteiger partial charge in [0.1, 0.15) is 0 Å². The fourth-order valence-electron chi connectivity index (χ4n) is 4.54. The van der Waals surface area contributed by atoms with Crippen LogP contribution < -0.4 is 5.32 Å². The molecular weight excluding hydrogens is 208 g/mol. The van der Waals surface area contributed by atoms with Gasteiger partial charge in [0, 0.05) is 25.2 Å². The predicted molar refractivity (Wildman–Crippen MR) is 72.1 cm³/mol. The number of nitrogens with one attached hydrogen (secondary N) is 1. The molecule has 0 spiro atoms. The Morgan fingerprint density at radius 3 is 2.71 bits per heavy atom. The molecule has 0 aromatic carbocycles. The number of hydrogen-bond donors (Lipinski definition) is 1. The van der Waals surface area contributed by atoms with E-state index in [1.165, 1.54) is 51.7 Å². The molecule has 3 aliphatic rings. The summed E-state index contributed by atoms with van der Waals surface area (Å²) in [5.74, 6) is 2.83. The molecule has 3 rings (SSSR count). The summed E-state index contributed by atoms with van der Waals surface area (Å²) in [6.07, 6.45) is 7.21. The van der Waals surface area contributed by atoms with E-state index in [1.807, 2.05) is 0 Å². The van der Waals surface area contributed by atoms with Crippen molar-refractivity contribution in [2.75, 3.05) is 19.6 Å². The van der Waals surface area contributed by atoms with Gasteiger partial charge in [-0.25, -0.2) is 0 Å².